The highest BCUT2D eigenvalue weighted by Gasteiger charge is 2.21. The molecule has 4 rings (SSSR count). The second-order valence-electron chi connectivity index (χ2n) is 8.57. The van der Waals surface area contributed by atoms with E-state index in [1.165, 1.54) is 31.5 Å². The summed E-state index contributed by atoms with van der Waals surface area (Å²) in [5, 5.41) is 4.37. The Kier molecular flexibility index (Phi) is 7.03. The summed E-state index contributed by atoms with van der Waals surface area (Å²) in [7, 11) is 0. The molecule has 0 aliphatic carbocycles. The molecule has 1 fully saturated rings. The zero-order chi connectivity index (χ0) is 21.6. The SMILES string of the molecule is CCCCN1CCC(NC(=O)CCc2c(-c3ccc(F)cc3)[nH]c3ccccc23)CC1. The van der Waals surface area contributed by atoms with Gasteiger partial charge in [0.1, 0.15) is 5.82 Å². The standard InChI is InChI=1S/C26H32FN3O/c1-2-3-16-30-17-14-21(15-18-30)28-25(31)13-12-23-22-6-4-5-7-24(22)29-26(23)19-8-10-20(27)11-9-19/h4-11,21,29H,2-3,12-18H2,1H3,(H,28,31). The number of halogens is 1. The predicted molar refractivity (Wildman–Crippen MR) is 125 cm³/mol. The molecule has 164 valence electrons. The average molecular weight is 422 g/mol. The van der Waals surface area contributed by atoms with Crippen LogP contribution in [-0.4, -0.2) is 41.5 Å². The Hall–Kier alpha value is -2.66. The van der Waals surface area contributed by atoms with E-state index in [0.29, 0.717) is 12.8 Å². The van der Waals surface area contributed by atoms with Crippen molar-refractivity contribution in [2.24, 2.45) is 0 Å². The van der Waals surface area contributed by atoms with Crippen LogP contribution in [0, 0.1) is 5.82 Å². The lowest BCUT2D eigenvalue weighted by Crippen LogP contribution is -2.44. The maximum Gasteiger partial charge on any atom is 0.220 e. The molecule has 2 aromatic carbocycles. The summed E-state index contributed by atoms with van der Waals surface area (Å²) in [4.78, 5) is 18.7. The number of H-pyrrole nitrogens is 1. The van der Waals surface area contributed by atoms with Crippen LogP contribution in [0.5, 0.6) is 0 Å². The Labute approximate surface area is 183 Å². The summed E-state index contributed by atoms with van der Waals surface area (Å²) in [5.74, 6) is -0.135. The van der Waals surface area contributed by atoms with Crippen LogP contribution in [0.2, 0.25) is 0 Å². The molecule has 1 aliphatic rings. The van der Waals surface area contributed by atoms with E-state index >= 15 is 0 Å². The number of likely N-dealkylation sites (tertiary alicyclic amines) is 1. The molecule has 0 radical (unpaired) electrons. The number of fused-ring (bicyclic) bond motifs is 1. The fraction of sp³-hybridized carbons (Fsp3) is 0.423. The molecule has 0 atom stereocenters. The number of carbonyl (C=O) groups excluding carboxylic acids is 1. The van der Waals surface area contributed by atoms with Crippen molar-refractivity contribution in [1.29, 1.82) is 0 Å². The molecule has 2 heterocycles. The van der Waals surface area contributed by atoms with Gasteiger partial charge in [0, 0.05) is 42.1 Å². The van der Waals surface area contributed by atoms with Gasteiger partial charge < -0.3 is 15.2 Å². The summed E-state index contributed by atoms with van der Waals surface area (Å²) < 4.78 is 13.4. The number of carbonyl (C=O) groups is 1. The van der Waals surface area contributed by atoms with Crippen LogP contribution >= 0.6 is 0 Å². The smallest absolute Gasteiger partial charge is 0.220 e. The van der Waals surface area contributed by atoms with Gasteiger partial charge in [-0.3, -0.25) is 4.79 Å². The van der Waals surface area contributed by atoms with Crippen LogP contribution in [0.3, 0.4) is 0 Å². The van der Waals surface area contributed by atoms with E-state index in [9.17, 15) is 9.18 Å². The van der Waals surface area contributed by atoms with E-state index < -0.39 is 0 Å². The topological polar surface area (TPSA) is 48.1 Å². The second-order valence-corrected chi connectivity index (χ2v) is 8.57. The number of aromatic amines is 1. The normalized spacial score (nSPS) is 15.4. The monoisotopic (exact) mass is 421 g/mol. The van der Waals surface area contributed by atoms with Crippen molar-refractivity contribution in [3.63, 3.8) is 0 Å². The largest absolute Gasteiger partial charge is 0.354 e. The van der Waals surface area contributed by atoms with E-state index in [2.05, 4.69) is 28.2 Å². The minimum atomic E-state index is -0.249. The maximum absolute atomic E-state index is 13.4. The maximum atomic E-state index is 13.4. The highest BCUT2D eigenvalue weighted by atomic mass is 19.1. The zero-order valence-electron chi connectivity index (χ0n) is 18.3. The Balaban J connectivity index is 1.40. The van der Waals surface area contributed by atoms with Crippen LogP contribution in [-0.2, 0) is 11.2 Å². The fourth-order valence-corrected chi connectivity index (χ4v) is 4.54. The summed E-state index contributed by atoms with van der Waals surface area (Å²) >= 11 is 0. The summed E-state index contributed by atoms with van der Waals surface area (Å²) in [6.07, 6.45) is 5.64. The van der Waals surface area contributed by atoms with Crippen molar-refractivity contribution < 1.29 is 9.18 Å². The third-order valence-corrected chi connectivity index (χ3v) is 6.33. The number of aromatic nitrogens is 1. The van der Waals surface area contributed by atoms with Crippen molar-refractivity contribution in [1.82, 2.24) is 15.2 Å². The van der Waals surface area contributed by atoms with Crippen LogP contribution < -0.4 is 5.32 Å². The number of piperidine rings is 1. The number of aryl methyl sites for hydroxylation is 1. The Bertz CT molecular complexity index is 1000. The van der Waals surface area contributed by atoms with Gasteiger partial charge in [-0.1, -0.05) is 31.5 Å². The number of hydrogen-bond donors (Lipinski definition) is 2. The average Bonchev–Trinajstić information content (AvgIpc) is 3.16. The van der Waals surface area contributed by atoms with Crippen molar-refractivity contribution in [3.8, 4) is 11.3 Å². The molecular weight excluding hydrogens is 389 g/mol. The molecule has 1 aliphatic heterocycles. The van der Waals surface area contributed by atoms with Gasteiger partial charge in [-0.25, -0.2) is 4.39 Å². The molecule has 31 heavy (non-hydrogen) atoms. The third kappa shape index (κ3) is 5.34. The quantitative estimate of drug-likeness (QED) is 0.519. The van der Waals surface area contributed by atoms with E-state index in [0.717, 1.165) is 53.7 Å². The number of rotatable bonds is 8. The first-order valence-corrected chi connectivity index (χ1v) is 11.5. The molecule has 5 heteroatoms. The van der Waals surface area contributed by atoms with Crippen LogP contribution in [0.15, 0.2) is 48.5 Å². The summed E-state index contributed by atoms with van der Waals surface area (Å²) in [5.41, 5.74) is 4.06. The van der Waals surface area contributed by atoms with Crippen LogP contribution in [0.25, 0.3) is 22.2 Å². The summed E-state index contributed by atoms with van der Waals surface area (Å²) in [6, 6.07) is 14.9. The van der Waals surface area contributed by atoms with Gasteiger partial charge in [-0.15, -0.1) is 0 Å². The van der Waals surface area contributed by atoms with Gasteiger partial charge in [0.05, 0.1) is 0 Å². The van der Waals surface area contributed by atoms with Crippen LogP contribution in [0.1, 0.15) is 44.6 Å². The van der Waals surface area contributed by atoms with Crippen molar-refractivity contribution in [3.05, 3.63) is 59.9 Å². The van der Waals surface area contributed by atoms with Crippen LogP contribution in [0.4, 0.5) is 4.39 Å². The Morgan fingerprint density at radius 2 is 1.87 bits per heavy atom. The molecule has 0 bridgehead atoms. The van der Waals surface area contributed by atoms with Gasteiger partial charge in [0.15, 0.2) is 0 Å². The van der Waals surface area contributed by atoms with Gasteiger partial charge in [0.2, 0.25) is 5.91 Å². The number of nitrogens with zero attached hydrogens (tertiary/aromatic N) is 1. The minimum absolute atomic E-state index is 0.113. The lowest BCUT2D eigenvalue weighted by Gasteiger charge is -2.32. The molecule has 0 saturated carbocycles. The molecular formula is C26H32FN3O. The van der Waals surface area contributed by atoms with Crippen molar-refractivity contribution in [2.75, 3.05) is 19.6 Å². The number of benzene rings is 2. The van der Waals surface area contributed by atoms with E-state index in [1.54, 1.807) is 12.1 Å². The van der Waals surface area contributed by atoms with E-state index in [-0.39, 0.29) is 17.8 Å². The molecule has 2 N–H and O–H groups in total. The predicted octanol–water partition coefficient (Wildman–Crippen LogP) is 5.29. The molecule has 0 unspecified atom stereocenters. The molecule has 1 saturated heterocycles. The Morgan fingerprint density at radius 1 is 1.13 bits per heavy atom. The molecule has 3 aromatic rings. The first-order chi connectivity index (χ1) is 15.1. The number of amides is 1. The van der Waals surface area contributed by atoms with Gasteiger partial charge in [0.25, 0.3) is 0 Å². The molecule has 1 amide bonds. The number of nitrogens with one attached hydrogen (secondary N) is 2. The summed E-state index contributed by atoms with van der Waals surface area (Å²) in [6.45, 7) is 5.54. The van der Waals surface area contributed by atoms with Crippen molar-refractivity contribution in [2.45, 2.75) is 51.5 Å². The lowest BCUT2D eigenvalue weighted by atomic mass is 10.00. The van der Waals surface area contributed by atoms with Gasteiger partial charge in [-0.2, -0.15) is 0 Å². The number of para-hydroxylation sites is 1. The van der Waals surface area contributed by atoms with Gasteiger partial charge in [-0.05, 0) is 73.7 Å². The third-order valence-electron chi connectivity index (χ3n) is 6.33. The minimum Gasteiger partial charge on any atom is -0.354 e. The lowest BCUT2D eigenvalue weighted by molar-refractivity contribution is -0.122. The fourth-order valence-electron chi connectivity index (χ4n) is 4.54. The molecule has 1 aromatic heterocycles. The first kappa shape index (κ1) is 21.6. The van der Waals surface area contributed by atoms with Gasteiger partial charge >= 0.3 is 0 Å². The van der Waals surface area contributed by atoms with E-state index in [4.69, 9.17) is 0 Å². The highest BCUT2D eigenvalue weighted by Crippen LogP contribution is 2.31. The number of unbranched alkanes of at least 4 members (excludes halogenated alkanes) is 1. The van der Waals surface area contributed by atoms with Crippen molar-refractivity contribution >= 4 is 16.8 Å². The first-order valence-electron chi connectivity index (χ1n) is 11.5. The number of hydrogen-bond acceptors (Lipinski definition) is 2. The Morgan fingerprint density at radius 3 is 2.61 bits per heavy atom. The molecule has 0 spiro atoms. The zero-order valence-corrected chi connectivity index (χ0v) is 18.3. The second kappa shape index (κ2) is 10.1. The van der Waals surface area contributed by atoms with E-state index in [1.807, 2.05) is 18.2 Å². The highest BCUT2D eigenvalue weighted by molar-refractivity contribution is 5.91. The molecule has 4 nitrogen and oxygen atoms in total.